The molecule has 0 aromatic rings. The normalized spacial score (nSPS) is 12.9. The Bertz CT molecular complexity index is 58.4. The van der Waals surface area contributed by atoms with Gasteiger partial charge in [-0.15, -0.1) is 33.2 Å². The van der Waals surface area contributed by atoms with Crippen molar-refractivity contribution < 1.29 is 0 Å². The van der Waals surface area contributed by atoms with Crippen LogP contribution in [0.25, 0.3) is 0 Å². The zero-order valence-corrected chi connectivity index (χ0v) is 9.41. The molecule has 0 unspecified atom stereocenters. The van der Waals surface area contributed by atoms with Gasteiger partial charge in [0.1, 0.15) is 3.36 Å². The zero-order valence-electron chi connectivity index (χ0n) is 2.97. The molecule has 0 radical (unpaired) electrons. The van der Waals surface area contributed by atoms with Crippen LogP contribution in [0.2, 0.25) is 0 Å². The van der Waals surface area contributed by atoms with Crippen molar-refractivity contribution in [2.24, 2.45) is 0 Å². The molecule has 0 aliphatic carbocycles. The molecule has 0 fully saturated rings. The predicted molar refractivity (Wildman–Crippen MR) is 45.0 cm³/mol. The maximum atomic E-state index is 5.44. The summed E-state index contributed by atoms with van der Waals surface area (Å²) in [6, 6.07) is -2.48. The molecule has 7 heavy (non-hydrogen) atoms. The Morgan fingerprint density at radius 1 is 1.14 bits per heavy atom. The van der Waals surface area contributed by atoms with Gasteiger partial charge < -0.3 is 0 Å². The second kappa shape index (κ2) is 3.27. The molecule has 44 valence electrons. The summed E-state index contributed by atoms with van der Waals surface area (Å²) < 4.78 is -0.141. The molecule has 0 saturated carbocycles. The molecular formula is CHBr2Cl3Si. The second-order valence-electron chi connectivity index (χ2n) is 0.842. The van der Waals surface area contributed by atoms with Gasteiger partial charge in [-0.3, -0.25) is 0 Å². The van der Waals surface area contributed by atoms with Crippen molar-refractivity contribution in [3.05, 3.63) is 0 Å². The van der Waals surface area contributed by atoms with Crippen molar-refractivity contribution in [1.29, 1.82) is 0 Å². The van der Waals surface area contributed by atoms with Crippen LogP contribution in [-0.2, 0) is 0 Å². The molecule has 0 spiro atoms. The van der Waals surface area contributed by atoms with Gasteiger partial charge in [-0.1, -0.05) is 31.9 Å². The molecule has 0 heterocycles. The van der Waals surface area contributed by atoms with Crippen molar-refractivity contribution in [2.45, 2.75) is 3.36 Å². The molecule has 0 atom stereocenters. The van der Waals surface area contributed by atoms with E-state index in [1.807, 2.05) is 0 Å². The van der Waals surface area contributed by atoms with E-state index in [1.165, 1.54) is 0 Å². The second-order valence-corrected chi connectivity index (χ2v) is 14.4. The molecule has 0 N–H and O–H groups in total. The van der Waals surface area contributed by atoms with E-state index < -0.39 is 6.00 Å². The Morgan fingerprint density at radius 2 is 1.29 bits per heavy atom. The average molecular weight is 307 g/mol. The quantitative estimate of drug-likeness (QED) is 0.396. The molecular weight excluding hydrogens is 306 g/mol. The first-order chi connectivity index (χ1) is 2.94. The molecule has 0 aromatic carbocycles. The lowest BCUT2D eigenvalue weighted by Gasteiger charge is -2.06. The maximum absolute atomic E-state index is 5.44. The van der Waals surface area contributed by atoms with E-state index in [4.69, 9.17) is 33.2 Å². The number of halogens is 5. The van der Waals surface area contributed by atoms with Crippen LogP contribution in [0.15, 0.2) is 0 Å². The first kappa shape index (κ1) is 9.05. The number of hydrogen-bond donors (Lipinski definition) is 0. The van der Waals surface area contributed by atoms with Crippen LogP contribution in [0.3, 0.4) is 0 Å². The Morgan fingerprint density at radius 3 is 1.29 bits per heavy atom. The van der Waals surface area contributed by atoms with Crippen molar-refractivity contribution in [3.8, 4) is 0 Å². The largest absolute Gasteiger partial charge is 0.364 e. The lowest BCUT2D eigenvalue weighted by molar-refractivity contribution is 2.09. The van der Waals surface area contributed by atoms with Crippen LogP contribution in [0, 0.1) is 0 Å². The van der Waals surface area contributed by atoms with Gasteiger partial charge >= 0.3 is 6.00 Å². The molecule has 6 heteroatoms. The minimum Gasteiger partial charge on any atom is -0.124 e. The Balaban J connectivity index is 3.54. The summed E-state index contributed by atoms with van der Waals surface area (Å²) in [6.45, 7) is 0. The van der Waals surface area contributed by atoms with Gasteiger partial charge in [-0.2, -0.15) is 0 Å². The number of alkyl halides is 2. The van der Waals surface area contributed by atoms with Crippen LogP contribution in [0.1, 0.15) is 0 Å². The third kappa shape index (κ3) is 4.54. The smallest absolute Gasteiger partial charge is 0.124 e. The molecule has 0 saturated heterocycles. The fourth-order valence-electron chi connectivity index (χ4n) is 0. The molecule has 0 nitrogen and oxygen atoms in total. The molecule has 0 rings (SSSR count). The highest BCUT2D eigenvalue weighted by Gasteiger charge is 2.32. The van der Waals surface area contributed by atoms with Gasteiger partial charge in [-0.05, 0) is 0 Å². The van der Waals surface area contributed by atoms with E-state index in [-0.39, 0.29) is 3.36 Å². The SMILES string of the molecule is Cl[Si](Cl)(Cl)C(Br)Br. The van der Waals surface area contributed by atoms with Gasteiger partial charge in [0.05, 0.1) is 0 Å². The highest BCUT2D eigenvalue weighted by Crippen LogP contribution is 2.32. The fraction of sp³-hybridized carbons (Fsp3) is 1.00. The highest BCUT2D eigenvalue weighted by atomic mass is 79.9. The van der Waals surface area contributed by atoms with Crippen molar-refractivity contribution in [2.75, 3.05) is 0 Å². The maximum Gasteiger partial charge on any atom is 0.364 e. The summed E-state index contributed by atoms with van der Waals surface area (Å²) in [7, 11) is 0. The van der Waals surface area contributed by atoms with Crippen molar-refractivity contribution in [3.63, 3.8) is 0 Å². The fourth-order valence-corrected chi connectivity index (χ4v) is 0. The third-order valence-electron chi connectivity index (χ3n) is 0.247. The monoisotopic (exact) mass is 304 g/mol. The van der Waals surface area contributed by atoms with Gasteiger partial charge in [-0.25, -0.2) is 0 Å². The molecule has 0 aliphatic rings. The summed E-state index contributed by atoms with van der Waals surface area (Å²) in [4.78, 5) is 0. The minimum absolute atomic E-state index is 0.141. The van der Waals surface area contributed by atoms with Gasteiger partial charge in [0.15, 0.2) is 0 Å². The Hall–Kier alpha value is 2.05. The van der Waals surface area contributed by atoms with Crippen LogP contribution < -0.4 is 0 Å². The summed E-state index contributed by atoms with van der Waals surface area (Å²) in [5.74, 6) is 0. The summed E-state index contributed by atoms with van der Waals surface area (Å²) in [6.07, 6.45) is 0. The first-order valence-electron chi connectivity index (χ1n) is 1.29. The molecule has 0 aromatic heterocycles. The van der Waals surface area contributed by atoms with Gasteiger partial charge in [0.2, 0.25) is 0 Å². The zero-order chi connectivity index (χ0) is 6.08. The van der Waals surface area contributed by atoms with Gasteiger partial charge in [0.25, 0.3) is 0 Å². The topological polar surface area (TPSA) is 0 Å². The first-order valence-corrected chi connectivity index (χ1v) is 8.24. The van der Waals surface area contributed by atoms with Gasteiger partial charge in [0, 0.05) is 0 Å². The van der Waals surface area contributed by atoms with Crippen LogP contribution in [0.5, 0.6) is 0 Å². The summed E-state index contributed by atoms with van der Waals surface area (Å²) >= 11 is 22.5. The van der Waals surface area contributed by atoms with E-state index in [1.54, 1.807) is 0 Å². The van der Waals surface area contributed by atoms with Crippen molar-refractivity contribution in [1.82, 2.24) is 0 Å². The van der Waals surface area contributed by atoms with Crippen LogP contribution >= 0.6 is 65.1 Å². The van der Waals surface area contributed by atoms with E-state index >= 15 is 0 Å². The van der Waals surface area contributed by atoms with Crippen LogP contribution in [-0.4, -0.2) is 9.36 Å². The molecule has 0 bridgehead atoms. The van der Waals surface area contributed by atoms with E-state index in [9.17, 15) is 0 Å². The number of hydrogen-bond acceptors (Lipinski definition) is 0. The lowest BCUT2D eigenvalue weighted by atomic mass is 11.9. The molecule has 0 amide bonds. The minimum atomic E-state index is -2.48. The van der Waals surface area contributed by atoms with Crippen molar-refractivity contribution >= 4 is 71.1 Å². The van der Waals surface area contributed by atoms with E-state index in [2.05, 4.69) is 31.9 Å². The Labute approximate surface area is 73.9 Å². The third-order valence-corrected chi connectivity index (χ3v) is 11.6. The number of rotatable bonds is 1. The van der Waals surface area contributed by atoms with Crippen LogP contribution in [0.4, 0.5) is 0 Å². The van der Waals surface area contributed by atoms with E-state index in [0.29, 0.717) is 0 Å². The standard InChI is InChI=1S/CHBr2Cl3Si/c2-1(3)7(4,5)6/h1H. The molecule has 0 aliphatic heterocycles. The average Bonchev–Trinajstić information content (AvgIpc) is 1.31. The van der Waals surface area contributed by atoms with E-state index in [0.717, 1.165) is 0 Å². The Kier molecular flexibility index (Phi) is 4.23. The summed E-state index contributed by atoms with van der Waals surface area (Å²) in [5.41, 5.74) is 0. The summed E-state index contributed by atoms with van der Waals surface area (Å²) in [5, 5.41) is 0. The predicted octanol–water partition coefficient (Wildman–Crippen LogP) is 3.30. The lowest BCUT2D eigenvalue weighted by Crippen LogP contribution is -2.18. The highest BCUT2D eigenvalue weighted by molar-refractivity contribution is 9.25.